The maximum absolute atomic E-state index is 13.5. The van der Waals surface area contributed by atoms with E-state index >= 15 is 0 Å². The maximum Gasteiger partial charge on any atom is 0.250 e. The molecule has 1 unspecified atom stereocenters. The zero-order valence-corrected chi connectivity index (χ0v) is 18.6. The highest BCUT2D eigenvalue weighted by Gasteiger charge is 2.37. The average Bonchev–Trinajstić information content (AvgIpc) is 3.15. The van der Waals surface area contributed by atoms with Gasteiger partial charge in [0.05, 0.1) is 5.92 Å². The summed E-state index contributed by atoms with van der Waals surface area (Å²) in [5.74, 6) is 0.489. The van der Waals surface area contributed by atoms with Crippen LogP contribution in [0.1, 0.15) is 36.4 Å². The first-order valence-electron chi connectivity index (χ1n) is 11.2. The van der Waals surface area contributed by atoms with Crippen molar-refractivity contribution in [3.63, 3.8) is 0 Å². The molecule has 6 heteroatoms. The van der Waals surface area contributed by atoms with Gasteiger partial charge in [-0.25, -0.2) is 0 Å². The fourth-order valence-corrected chi connectivity index (χ4v) is 5.83. The molecule has 2 aromatic carbocycles. The third-order valence-corrected chi connectivity index (χ3v) is 7.48. The van der Waals surface area contributed by atoms with Crippen molar-refractivity contribution in [3.8, 4) is 0 Å². The number of aromatic nitrogens is 2. The SMILES string of the molecule is CC(C(=O)N1C[C@H]2C[C@@H](C1)c1cccc(=O)n1C2)c1ccc2c(c1)[nH]c1ccc(Cl)cc12. The van der Waals surface area contributed by atoms with E-state index in [1.807, 2.05) is 46.7 Å². The molecular formula is C26H24ClN3O2. The summed E-state index contributed by atoms with van der Waals surface area (Å²) in [6.45, 7) is 4.09. The number of hydrogen-bond acceptors (Lipinski definition) is 2. The van der Waals surface area contributed by atoms with Crippen LogP contribution in [0.4, 0.5) is 0 Å². The Bertz CT molecular complexity index is 1440. The third-order valence-electron chi connectivity index (χ3n) is 7.25. The predicted octanol–water partition coefficient (Wildman–Crippen LogP) is 4.89. The Morgan fingerprint density at radius 1 is 1.03 bits per heavy atom. The first-order chi connectivity index (χ1) is 15.5. The highest BCUT2D eigenvalue weighted by molar-refractivity contribution is 6.31. The van der Waals surface area contributed by atoms with Gasteiger partial charge in [0.1, 0.15) is 0 Å². The molecule has 0 saturated carbocycles. The van der Waals surface area contributed by atoms with Crippen LogP contribution >= 0.6 is 11.6 Å². The largest absolute Gasteiger partial charge is 0.355 e. The normalized spacial score (nSPS) is 21.0. The quantitative estimate of drug-likeness (QED) is 0.477. The summed E-state index contributed by atoms with van der Waals surface area (Å²) >= 11 is 6.18. The number of fused-ring (bicyclic) bond motifs is 7. The summed E-state index contributed by atoms with van der Waals surface area (Å²) in [4.78, 5) is 31.2. The molecule has 32 heavy (non-hydrogen) atoms. The van der Waals surface area contributed by atoms with E-state index in [0.717, 1.165) is 39.5 Å². The lowest BCUT2D eigenvalue weighted by Gasteiger charge is -2.43. The number of nitrogens with zero attached hydrogens (tertiary/aromatic N) is 2. The monoisotopic (exact) mass is 445 g/mol. The van der Waals surface area contributed by atoms with Gasteiger partial charge >= 0.3 is 0 Å². The molecule has 2 aliphatic heterocycles. The van der Waals surface area contributed by atoms with Crippen LogP contribution in [0.25, 0.3) is 21.8 Å². The summed E-state index contributed by atoms with van der Waals surface area (Å²) in [5, 5.41) is 2.92. The van der Waals surface area contributed by atoms with E-state index in [-0.39, 0.29) is 23.3 Å². The van der Waals surface area contributed by atoms with Gasteiger partial charge in [0.15, 0.2) is 0 Å². The minimum atomic E-state index is -0.230. The number of aromatic amines is 1. The van der Waals surface area contributed by atoms with Crippen molar-refractivity contribution >= 4 is 39.3 Å². The second-order valence-corrected chi connectivity index (χ2v) is 9.72. The summed E-state index contributed by atoms with van der Waals surface area (Å²) in [5.41, 5.74) is 4.20. The number of carbonyl (C=O) groups excluding carboxylic acids is 1. The van der Waals surface area contributed by atoms with E-state index < -0.39 is 0 Å². The average molecular weight is 446 g/mol. The molecule has 2 aromatic heterocycles. The number of piperidine rings is 1. The van der Waals surface area contributed by atoms with Crippen molar-refractivity contribution in [2.24, 2.45) is 5.92 Å². The number of likely N-dealkylation sites (tertiary alicyclic amines) is 1. The number of nitrogens with one attached hydrogen (secondary N) is 1. The Labute approximate surface area is 190 Å². The van der Waals surface area contributed by atoms with Crippen molar-refractivity contribution in [1.29, 1.82) is 0 Å². The van der Waals surface area contributed by atoms with Gasteiger partial charge in [0, 0.05) is 64.1 Å². The van der Waals surface area contributed by atoms with Gasteiger partial charge in [-0.15, -0.1) is 0 Å². The van der Waals surface area contributed by atoms with Crippen molar-refractivity contribution in [2.45, 2.75) is 31.7 Å². The maximum atomic E-state index is 13.5. The van der Waals surface area contributed by atoms with Crippen molar-refractivity contribution in [2.75, 3.05) is 13.1 Å². The molecule has 0 aliphatic carbocycles. The highest BCUT2D eigenvalue weighted by atomic mass is 35.5. The number of benzene rings is 2. The molecule has 162 valence electrons. The van der Waals surface area contributed by atoms with E-state index in [0.29, 0.717) is 30.6 Å². The zero-order chi connectivity index (χ0) is 22.0. The lowest BCUT2D eigenvalue weighted by atomic mass is 9.82. The van der Waals surface area contributed by atoms with Crippen LogP contribution < -0.4 is 5.56 Å². The fraction of sp³-hybridized carbons (Fsp3) is 0.308. The molecule has 6 rings (SSSR count). The smallest absolute Gasteiger partial charge is 0.250 e. The second-order valence-electron chi connectivity index (χ2n) is 9.28. The first kappa shape index (κ1) is 19.6. The number of amides is 1. The highest BCUT2D eigenvalue weighted by Crippen LogP contribution is 2.36. The standard InChI is InChI=1S/C26H24ClN3O2/c1-15(17-5-7-20-21-11-19(27)6-8-22(21)28-23(20)10-17)26(32)29-12-16-9-18(14-29)24-3-2-4-25(31)30(24)13-16/h2-8,10-11,15-16,18,28H,9,12-14H2,1H3/t15?,16-,18+/m1/s1. The van der Waals surface area contributed by atoms with Crippen LogP contribution in [0, 0.1) is 5.92 Å². The van der Waals surface area contributed by atoms with Crippen LogP contribution in [-0.2, 0) is 11.3 Å². The summed E-state index contributed by atoms with van der Waals surface area (Å²) in [6, 6.07) is 17.6. The zero-order valence-electron chi connectivity index (χ0n) is 17.8. The molecule has 4 heterocycles. The molecule has 1 amide bonds. The Balaban J connectivity index is 1.29. The number of hydrogen-bond donors (Lipinski definition) is 1. The molecule has 0 radical (unpaired) electrons. The Morgan fingerprint density at radius 3 is 2.78 bits per heavy atom. The lowest BCUT2D eigenvalue weighted by Crippen LogP contribution is -2.50. The van der Waals surface area contributed by atoms with E-state index in [1.54, 1.807) is 6.07 Å². The molecule has 1 fully saturated rings. The number of halogens is 1. The molecule has 3 atom stereocenters. The Kier molecular flexibility index (Phi) is 4.44. The topological polar surface area (TPSA) is 58.1 Å². The van der Waals surface area contributed by atoms with Crippen LogP contribution in [0.3, 0.4) is 0 Å². The van der Waals surface area contributed by atoms with Gasteiger partial charge in [-0.3, -0.25) is 9.59 Å². The molecule has 4 aromatic rings. The number of pyridine rings is 1. The van der Waals surface area contributed by atoms with E-state index in [2.05, 4.69) is 23.2 Å². The minimum absolute atomic E-state index is 0.0678. The summed E-state index contributed by atoms with van der Waals surface area (Å²) < 4.78 is 1.90. The first-order valence-corrected chi connectivity index (χ1v) is 11.5. The Hall–Kier alpha value is -3.05. The van der Waals surface area contributed by atoms with Gasteiger partial charge in [0.2, 0.25) is 5.91 Å². The molecule has 5 nitrogen and oxygen atoms in total. The summed E-state index contributed by atoms with van der Waals surface area (Å²) in [7, 11) is 0. The third kappa shape index (κ3) is 3.06. The number of carbonyl (C=O) groups is 1. The van der Waals surface area contributed by atoms with Crippen LogP contribution in [-0.4, -0.2) is 33.4 Å². The van der Waals surface area contributed by atoms with Gasteiger partial charge in [-0.05, 0) is 55.2 Å². The molecular weight excluding hydrogens is 422 g/mol. The minimum Gasteiger partial charge on any atom is -0.355 e. The van der Waals surface area contributed by atoms with Gasteiger partial charge in [-0.2, -0.15) is 0 Å². The molecule has 2 aliphatic rings. The van der Waals surface area contributed by atoms with E-state index in [4.69, 9.17) is 11.6 Å². The number of H-pyrrole nitrogens is 1. The van der Waals surface area contributed by atoms with E-state index in [9.17, 15) is 9.59 Å². The van der Waals surface area contributed by atoms with Gasteiger partial charge in [0.25, 0.3) is 5.56 Å². The predicted molar refractivity (Wildman–Crippen MR) is 127 cm³/mol. The Morgan fingerprint density at radius 2 is 1.91 bits per heavy atom. The molecule has 2 bridgehead atoms. The van der Waals surface area contributed by atoms with Gasteiger partial charge in [-0.1, -0.05) is 29.8 Å². The second kappa shape index (κ2) is 7.24. The number of rotatable bonds is 2. The van der Waals surface area contributed by atoms with Crippen molar-refractivity contribution in [1.82, 2.24) is 14.5 Å². The van der Waals surface area contributed by atoms with Crippen LogP contribution in [0.15, 0.2) is 59.4 Å². The lowest BCUT2D eigenvalue weighted by molar-refractivity contribution is -0.135. The van der Waals surface area contributed by atoms with E-state index in [1.165, 1.54) is 0 Å². The molecule has 1 N–H and O–H groups in total. The summed E-state index contributed by atoms with van der Waals surface area (Å²) in [6.07, 6.45) is 1.05. The van der Waals surface area contributed by atoms with Crippen molar-refractivity contribution in [3.05, 3.63) is 81.2 Å². The molecule has 1 saturated heterocycles. The van der Waals surface area contributed by atoms with Crippen LogP contribution in [0.2, 0.25) is 5.02 Å². The fourth-order valence-electron chi connectivity index (χ4n) is 5.66. The van der Waals surface area contributed by atoms with Gasteiger partial charge < -0.3 is 14.5 Å². The van der Waals surface area contributed by atoms with Crippen LogP contribution in [0.5, 0.6) is 0 Å². The molecule has 0 spiro atoms. The van der Waals surface area contributed by atoms with Crippen molar-refractivity contribution < 1.29 is 4.79 Å².